The monoisotopic (exact) mass is 202 g/mol. The van der Waals surface area contributed by atoms with Crippen LogP contribution >= 0.6 is 0 Å². The highest BCUT2D eigenvalue weighted by Crippen LogP contribution is 2.32. The first-order valence-electron chi connectivity index (χ1n) is 4.45. The summed E-state index contributed by atoms with van der Waals surface area (Å²) in [5.41, 5.74) is -0.844. The lowest BCUT2D eigenvalue weighted by Crippen LogP contribution is -2.10. The Balaban J connectivity index is 2.17. The van der Waals surface area contributed by atoms with Gasteiger partial charge in [0.05, 0.1) is 0 Å². The first-order valence-corrected chi connectivity index (χ1v) is 4.45. The van der Waals surface area contributed by atoms with Crippen LogP contribution in [0.25, 0.3) is 0 Å². The maximum atomic E-state index is 12.2. The third-order valence-corrected chi connectivity index (χ3v) is 2.16. The molecule has 5 heteroatoms. The molecule has 0 bridgehead atoms. The van der Waals surface area contributed by atoms with E-state index in [1.165, 1.54) is 6.20 Å². The zero-order valence-electron chi connectivity index (χ0n) is 7.38. The minimum absolute atomic E-state index is 0.308. The fourth-order valence-corrected chi connectivity index (χ4v) is 1.24. The van der Waals surface area contributed by atoms with Gasteiger partial charge < -0.3 is 0 Å². The molecule has 1 aliphatic carbocycles. The van der Waals surface area contributed by atoms with Crippen LogP contribution in [0.15, 0.2) is 12.3 Å². The quantitative estimate of drug-likeness (QED) is 0.736. The second-order valence-electron chi connectivity index (χ2n) is 3.50. The van der Waals surface area contributed by atoms with Crippen LogP contribution in [0.4, 0.5) is 13.2 Å². The van der Waals surface area contributed by atoms with Crippen LogP contribution < -0.4 is 0 Å². The first kappa shape index (κ1) is 9.43. The molecule has 1 aromatic heterocycles. The fraction of sp³-hybridized carbons (Fsp3) is 0.556. The summed E-state index contributed by atoms with van der Waals surface area (Å²) < 4.78 is 36.7. The average molecular weight is 202 g/mol. The van der Waals surface area contributed by atoms with Crippen LogP contribution in [-0.4, -0.2) is 9.97 Å². The number of nitrogens with zero attached hydrogens (tertiary/aromatic N) is 2. The summed E-state index contributed by atoms with van der Waals surface area (Å²) in [4.78, 5) is 7.31. The van der Waals surface area contributed by atoms with Gasteiger partial charge in [-0.2, -0.15) is 13.2 Å². The van der Waals surface area contributed by atoms with E-state index >= 15 is 0 Å². The summed E-state index contributed by atoms with van der Waals surface area (Å²) in [5.74, 6) is 0.806. The highest BCUT2D eigenvalue weighted by molar-refractivity contribution is 5.07. The van der Waals surface area contributed by atoms with E-state index < -0.39 is 11.9 Å². The lowest BCUT2D eigenvalue weighted by atomic mass is 10.2. The van der Waals surface area contributed by atoms with Gasteiger partial charge >= 0.3 is 6.18 Å². The molecule has 0 amide bonds. The third kappa shape index (κ3) is 2.21. The highest BCUT2D eigenvalue weighted by Gasteiger charge is 2.33. The van der Waals surface area contributed by atoms with Crippen molar-refractivity contribution in [2.45, 2.75) is 25.4 Å². The summed E-state index contributed by atoms with van der Waals surface area (Å²) in [6, 6.07) is 0.899. The van der Waals surface area contributed by atoms with Crippen molar-refractivity contribution in [3.8, 4) is 0 Å². The Morgan fingerprint density at radius 1 is 1.36 bits per heavy atom. The number of hydrogen-bond acceptors (Lipinski definition) is 2. The van der Waals surface area contributed by atoms with E-state index in [1.54, 1.807) is 0 Å². The SMILES string of the molecule is FC(F)(F)c1ccnc(CC2CC2)n1. The fourth-order valence-electron chi connectivity index (χ4n) is 1.24. The molecule has 1 aliphatic rings. The van der Waals surface area contributed by atoms with E-state index in [2.05, 4.69) is 9.97 Å². The Kier molecular flexibility index (Phi) is 2.17. The van der Waals surface area contributed by atoms with Gasteiger partial charge in [-0.3, -0.25) is 0 Å². The number of alkyl halides is 3. The van der Waals surface area contributed by atoms with E-state index in [1.807, 2.05) is 0 Å². The van der Waals surface area contributed by atoms with Gasteiger partial charge in [0.1, 0.15) is 11.5 Å². The van der Waals surface area contributed by atoms with E-state index in [-0.39, 0.29) is 0 Å². The summed E-state index contributed by atoms with van der Waals surface area (Å²) in [7, 11) is 0. The molecule has 1 fully saturated rings. The van der Waals surface area contributed by atoms with Crippen molar-refractivity contribution in [3.63, 3.8) is 0 Å². The van der Waals surface area contributed by atoms with Crippen molar-refractivity contribution in [3.05, 3.63) is 23.8 Å². The molecule has 2 nitrogen and oxygen atoms in total. The van der Waals surface area contributed by atoms with Crippen LogP contribution in [0.5, 0.6) is 0 Å². The molecule has 0 unspecified atom stereocenters. The Morgan fingerprint density at radius 2 is 2.07 bits per heavy atom. The second kappa shape index (κ2) is 3.22. The number of halogens is 3. The van der Waals surface area contributed by atoms with Crippen molar-refractivity contribution < 1.29 is 13.2 Å². The van der Waals surface area contributed by atoms with Gasteiger partial charge in [-0.05, 0) is 24.8 Å². The van der Waals surface area contributed by atoms with Gasteiger partial charge in [-0.25, -0.2) is 9.97 Å². The lowest BCUT2D eigenvalue weighted by Gasteiger charge is -2.06. The van der Waals surface area contributed by atoms with Crippen molar-refractivity contribution in [2.75, 3.05) is 0 Å². The molecule has 0 saturated heterocycles. The second-order valence-corrected chi connectivity index (χ2v) is 3.50. The molecule has 0 aliphatic heterocycles. The Hall–Kier alpha value is -1.13. The smallest absolute Gasteiger partial charge is 0.241 e. The predicted molar refractivity (Wildman–Crippen MR) is 43.5 cm³/mol. The molecule has 1 saturated carbocycles. The largest absolute Gasteiger partial charge is 0.433 e. The highest BCUT2D eigenvalue weighted by atomic mass is 19.4. The van der Waals surface area contributed by atoms with Crippen molar-refractivity contribution in [1.29, 1.82) is 0 Å². The first-order chi connectivity index (χ1) is 6.55. The van der Waals surface area contributed by atoms with Gasteiger partial charge in [0.2, 0.25) is 0 Å². The molecule has 0 N–H and O–H groups in total. The Bertz CT molecular complexity index is 331. The molecule has 0 spiro atoms. The van der Waals surface area contributed by atoms with Crippen molar-refractivity contribution >= 4 is 0 Å². The maximum Gasteiger partial charge on any atom is 0.433 e. The summed E-state index contributed by atoms with van der Waals surface area (Å²) in [6.45, 7) is 0. The molecule has 0 atom stereocenters. The summed E-state index contributed by atoms with van der Waals surface area (Å²) in [6.07, 6.45) is -0.447. The third-order valence-electron chi connectivity index (χ3n) is 2.16. The lowest BCUT2D eigenvalue weighted by molar-refractivity contribution is -0.141. The number of rotatable bonds is 2. The molecular formula is C9H9F3N2. The zero-order valence-corrected chi connectivity index (χ0v) is 7.38. The normalized spacial score (nSPS) is 17.1. The van der Waals surface area contributed by atoms with E-state index in [0.717, 1.165) is 18.9 Å². The number of aromatic nitrogens is 2. The standard InChI is InChI=1S/C9H9F3N2/c10-9(11,12)7-3-4-13-8(14-7)5-6-1-2-6/h3-4,6H,1-2,5H2. The zero-order chi connectivity index (χ0) is 10.2. The average Bonchev–Trinajstić information content (AvgIpc) is 2.87. The minimum Gasteiger partial charge on any atom is -0.241 e. The number of hydrogen-bond donors (Lipinski definition) is 0. The molecule has 1 aromatic rings. The Morgan fingerprint density at radius 3 is 2.64 bits per heavy atom. The van der Waals surface area contributed by atoms with Crippen molar-refractivity contribution in [1.82, 2.24) is 9.97 Å². The maximum absolute atomic E-state index is 12.2. The van der Waals surface area contributed by atoms with Gasteiger partial charge in [0.15, 0.2) is 0 Å². The van der Waals surface area contributed by atoms with Gasteiger partial charge in [0, 0.05) is 12.6 Å². The van der Waals surface area contributed by atoms with Crippen LogP contribution in [0.1, 0.15) is 24.4 Å². The molecule has 14 heavy (non-hydrogen) atoms. The van der Waals surface area contributed by atoms with Gasteiger partial charge in [-0.1, -0.05) is 0 Å². The summed E-state index contributed by atoms with van der Waals surface area (Å²) >= 11 is 0. The van der Waals surface area contributed by atoms with Crippen molar-refractivity contribution in [2.24, 2.45) is 5.92 Å². The molecular weight excluding hydrogens is 193 g/mol. The van der Waals surface area contributed by atoms with Crippen LogP contribution in [0.3, 0.4) is 0 Å². The minimum atomic E-state index is -4.36. The van der Waals surface area contributed by atoms with Crippen LogP contribution in [0.2, 0.25) is 0 Å². The molecule has 0 radical (unpaired) electrons. The van der Waals surface area contributed by atoms with E-state index in [4.69, 9.17) is 0 Å². The summed E-state index contributed by atoms with van der Waals surface area (Å²) in [5, 5.41) is 0. The predicted octanol–water partition coefficient (Wildman–Crippen LogP) is 2.45. The van der Waals surface area contributed by atoms with E-state index in [9.17, 15) is 13.2 Å². The molecule has 1 heterocycles. The Labute approximate surface area is 79.2 Å². The van der Waals surface area contributed by atoms with Gasteiger partial charge in [0.25, 0.3) is 0 Å². The van der Waals surface area contributed by atoms with E-state index in [0.29, 0.717) is 18.2 Å². The molecule has 2 rings (SSSR count). The van der Waals surface area contributed by atoms with Crippen LogP contribution in [-0.2, 0) is 12.6 Å². The topological polar surface area (TPSA) is 25.8 Å². The molecule has 0 aromatic carbocycles. The molecule has 76 valence electrons. The van der Waals surface area contributed by atoms with Gasteiger partial charge in [-0.15, -0.1) is 0 Å². The van der Waals surface area contributed by atoms with Crippen LogP contribution in [0, 0.1) is 5.92 Å².